The molecule has 0 saturated carbocycles. The Balaban J connectivity index is 0.00000288. The molecule has 0 aliphatic rings. The van der Waals surface area contributed by atoms with Crippen LogP contribution in [0.1, 0.15) is 36.7 Å². The van der Waals surface area contributed by atoms with Gasteiger partial charge in [-0.1, -0.05) is 35.5 Å². The molecule has 2 aromatic rings. The van der Waals surface area contributed by atoms with E-state index in [-0.39, 0.29) is 24.4 Å². The fraction of sp³-hybridized carbons (Fsp3) is 0.438. The molecule has 1 unspecified atom stereocenters. The predicted molar refractivity (Wildman–Crippen MR) is 98.3 cm³/mol. The van der Waals surface area contributed by atoms with Crippen LogP contribution in [0, 0.1) is 0 Å². The second-order valence-corrected chi connectivity index (χ2v) is 6.32. The first-order valence-corrected chi connectivity index (χ1v) is 8.91. The summed E-state index contributed by atoms with van der Waals surface area (Å²) in [4.78, 5) is 16.3. The molecule has 0 bridgehead atoms. The smallest absolute Gasteiger partial charge is 0.248 e. The fourth-order valence-electron chi connectivity index (χ4n) is 2.05. The molecule has 1 amide bonds. The Morgan fingerprint density at radius 1 is 1.38 bits per heavy atom. The third kappa shape index (κ3) is 6.14. The lowest BCUT2D eigenvalue weighted by molar-refractivity contribution is -0.123. The topological polar surface area (TPSA) is 94.0 Å². The first-order valence-electron chi connectivity index (χ1n) is 7.51. The van der Waals surface area contributed by atoms with E-state index in [0.717, 1.165) is 11.3 Å². The van der Waals surface area contributed by atoms with Crippen molar-refractivity contribution in [2.75, 3.05) is 12.0 Å². The molecule has 3 N–H and O–H groups in total. The van der Waals surface area contributed by atoms with Crippen LogP contribution in [0.4, 0.5) is 0 Å². The van der Waals surface area contributed by atoms with Crippen molar-refractivity contribution >= 4 is 30.1 Å². The van der Waals surface area contributed by atoms with Gasteiger partial charge in [-0.25, -0.2) is 0 Å². The van der Waals surface area contributed by atoms with Crippen molar-refractivity contribution in [1.82, 2.24) is 15.5 Å². The molecule has 0 radical (unpaired) electrons. The van der Waals surface area contributed by atoms with Crippen molar-refractivity contribution < 1.29 is 9.32 Å². The number of aromatic nitrogens is 2. The van der Waals surface area contributed by atoms with E-state index in [1.54, 1.807) is 18.7 Å². The van der Waals surface area contributed by atoms with Gasteiger partial charge in [0, 0.05) is 6.42 Å². The number of benzene rings is 1. The molecule has 24 heavy (non-hydrogen) atoms. The molecule has 0 fully saturated rings. The molecule has 0 saturated heterocycles. The third-order valence-corrected chi connectivity index (χ3v) is 4.03. The quantitative estimate of drug-likeness (QED) is 0.740. The summed E-state index contributed by atoms with van der Waals surface area (Å²) in [5, 5.41) is 6.77. The number of nitrogens with two attached hydrogens (primary N) is 1. The summed E-state index contributed by atoms with van der Waals surface area (Å²) >= 11 is 1.67. The van der Waals surface area contributed by atoms with Gasteiger partial charge < -0.3 is 15.6 Å². The zero-order valence-corrected chi connectivity index (χ0v) is 15.4. The van der Waals surface area contributed by atoms with Gasteiger partial charge in [-0.2, -0.15) is 16.7 Å². The van der Waals surface area contributed by atoms with Crippen LogP contribution in [-0.4, -0.2) is 34.1 Å². The average molecular weight is 371 g/mol. The van der Waals surface area contributed by atoms with Gasteiger partial charge in [0.25, 0.3) is 0 Å². The minimum Gasteiger partial charge on any atom is -0.343 e. The first-order chi connectivity index (χ1) is 11.1. The number of halogens is 1. The Bertz CT molecular complexity index is 624. The number of hydrogen-bond acceptors (Lipinski definition) is 6. The lowest BCUT2D eigenvalue weighted by Crippen LogP contribution is -2.42. The van der Waals surface area contributed by atoms with Crippen LogP contribution >= 0.6 is 24.2 Å². The molecule has 1 heterocycles. The van der Waals surface area contributed by atoms with Gasteiger partial charge in [0.05, 0.1) is 6.04 Å². The van der Waals surface area contributed by atoms with Crippen LogP contribution < -0.4 is 11.1 Å². The maximum atomic E-state index is 12.0. The van der Waals surface area contributed by atoms with E-state index in [9.17, 15) is 4.79 Å². The molecule has 1 aromatic carbocycles. The van der Waals surface area contributed by atoms with Crippen LogP contribution in [0.2, 0.25) is 0 Å². The number of carbonyl (C=O) groups is 1. The number of hydrogen-bond donors (Lipinski definition) is 2. The molecule has 0 aliphatic heterocycles. The number of thioether (sulfide) groups is 1. The Hall–Kier alpha value is -1.57. The summed E-state index contributed by atoms with van der Waals surface area (Å²) in [7, 11) is 0. The van der Waals surface area contributed by atoms with E-state index in [1.165, 1.54) is 0 Å². The van der Waals surface area contributed by atoms with Crippen molar-refractivity contribution in [3.8, 4) is 0 Å². The van der Waals surface area contributed by atoms with E-state index in [4.69, 9.17) is 10.3 Å². The van der Waals surface area contributed by atoms with Crippen molar-refractivity contribution in [1.29, 1.82) is 0 Å². The van der Waals surface area contributed by atoms with Crippen molar-refractivity contribution in [3.05, 3.63) is 47.6 Å². The lowest BCUT2D eigenvalue weighted by Gasteiger charge is -2.14. The first kappa shape index (κ1) is 20.5. The zero-order chi connectivity index (χ0) is 16.7. The van der Waals surface area contributed by atoms with E-state index >= 15 is 0 Å². The Morgan fingerprint density at radius 2 is 2.08 bits per heavy atom. The molecule has 132 valence electrons. The van der Waals surface area contributed by atoms with Crippen LogP contribution in [0.25, 0.3) is 0 Å². The number of nitrogens with zero attached hydrogens (tertiary/aromatic N) is 2. The van der Waals surface area contributed by atoms with Gasteiger partial charge in [-0.15, -0.1) is 12.4 Å². The van der Waals surface area contributed by atoms with E-state index < -0.39 is 6.04 Å². The maximum Gasteiger partial charge on any atom is 0.248 e. The summed E-state index contributed by atoms with van der Waals surface area (Å²) in [6.07, 6.45) is 3.22. The van der Waals surface area contributed by atoms with Crippen LogP contribution in [-0.2, 0) is 11.2 Å². The third-order valence-electron chi connectivity index (χ3n) is 3.39. The SMILES string of the molecule is CSCC[C@H](N)C(=O)NC(C)c1nc(Cc2ccccc2)no1.Cl. The molecule has 2 atom stereocenters. The highest BCUT2D eigenvalue weighted by atomic mass is 35.5. The summed E-state index contributed by atoms with van der Waals surface area (Å²) < 4.78 is 5.24. The number of rotatable bonds is 8. The number of nitrogens with one attached hydrogen (secondary N) is 1. The molecule has 0 aliphatic carbocycles. The highest BCUT2D eigenvalue weighted by molar-refractivity contribution is 7.98. The molecule has 0 spiro atoms. The monoisotopic (exact) mass is 370 g/mol. The maximum absolute atomic E-state index is 12.0. The molecule has 2 rings (SSSR count). The zero-order valence-electron chi connectivity index (χ0n) is 13.8. The van der Waals surface area contributed by atoms with Crippen molar-refractivity contribution in [3.63, 3.8) is 0 Å². The minimum atomic E-state index is -0.517. The summed E-state index contributed by atoms with van der Waals surface area (Å²) in [5.41, 5.74) is 6.95. The second kappa shape index (κ2) is 10.3. The standard InChI is InChI=1S/C16H22N4O2S.ClH/c1-11(18-15(21)13(17)8-9-23-2)16-19-14(20-22-16)10-12-6-4-3-5-7-12;/h3-7,11,13H,8-10,17H2,1-2H3,(H,18,21);1H/t11?,13-;/m0./s1. The number of carbonyl (C=O) groups excluding carboxylic acids is 1. The average Bonchev–Trinajstić information content (AvgIpc) is 3.02. The highest BCUT2D eigenvalue weighted by Gasteiger charge is 2.20. The van der Waals surface area contributed by atoms with Gasteiger partial charge in [0.15, 0.2) is 5.82 Å². The van der Waals surface area contributed by atoms with Crippen LogP contribution in [0.3, 0.4) is 0 Å². The minimum absolute atomic E-state index is 0. The summed E-state index contributed by atoms with van der Waals surface area (Å²) in [5.74, 6) is 1.64. The van der Waals surface area contributed by atoms with Gasteiger partial charge in [0.2, 0.25) is 11.8 Å². The Morgan fingerprint density at radius 3 is 2.75 bits per heavy atom. The normalized spacial score (nSPS) is 13.0. The number of amides is 1. The molecular formula is C16H23ClN4O2S. The van der Waals surface area contributed by atoms with Crippen LogP contribution in [0.15, 0.2) is 34.9 Å². The van der Waals surface area contributed by atoms with Gasteiger partial charge in [-0.3, -0.25) is 4.79 Å². The Kier molecular flexibility index (Phi) is 8.81. The summed E-state index contributed by atoms with van der Waals surface area (Å²) in [6, 6.07) is 9.03. The van der Waals surface area contributed by atoms with Crippen LogP contribution in [0.5, 0.6) is 0 Å². The summed E-state index contributed by atoms with van der Waals surface area (Å²) in [6.45, 7) is 1.80. The van der Waals surface area contributed by atoms with Gasteiger partial charge in [-0.05, 0) is 30.9 Å². The predicted octanol–water partition coefficient (Wildman–Crippen LogP) is 2.34. The van der Waals surface area contributed by atoms with Gasteiger partial charge >= 0.3 is 0 Å². The van der Waals surface area contributed by atoms with E-state index in [0.29, 0.717) is 24.6 Å². The largest absolute Gasteiger partial charge is 0.343 e. The molecule has 8 heteroatoms. The van der Waals surface area contributed by atoms with Crippen molar-refractivity contribution in [2.24, 2.45) is 5.73 Å². The lowest BCUT2D eigenvalue weighted by atomic mass is 10.1. The molecule has 6 nitrogen and oxygen atoms in total. The second-order valence-electron chi connectivity index (χ2n) is 5.33. The molecular weight excluding hydrogens is 348 g/mol. The van der Waals surface area contributed by atoms with Gasteiger partial charge in [0.1, 0.15) is 6.04 Å². The van der Waals surface area contributed by atoms with Crippen molar-refractivity contribution in [2.45, 2.75) is 31.8 Å². The Labute approximate surface area is 152 Å². The molecule has 1 aromatic heterocycles. The highest BCUT2D eigenvalue weighted by Crippen LogP contribution is 2.12. The van der Waals surface area contributed by atoms with E-state index in [2.05, 4.69) is 15.5 Å². The van der Waals surface area contributed by atoms with E-state index in [1.807, 2.05) is 36.6 Å². The fourth-order valence-corrected chi connectivity index (χ4v) is 2.54.